The normalized spacial score (nSPS) is 26.3. The Hall–Kier alpha value is -2.27. The van der Waals surface area contributed by atoms with Crippen LogP contribution in [-0.4, -0.2) is 29.6 Å². The summed E-state index contributed by atoms with van der Waals surface area (Å²) in [6.45, 7) is 0.983. The van der Waals surface area contributed by atoms with Gasteiger partial charge in [-0.15, -0.1) is 0 Å². The van der Waals surface area contributed by atoms with Gasteiger partial charge in [-0.25, -0.2) is 0 Å². The third-order valence-electron chi connectivity index (χ3n) is 4.68. The molecule has 0 spiro atoms. The van der Waals surface area contributed by atoms with Crippen LogP contribution in [0.5, 0.6) is 5.75 Å². The third-order valence-corrected chi connectivity index (χ3v) is 4.68. The smallest absolute Gasteiger partial charge is 0.287 e. The molecule has 2 bridgehead atoms. The van der Waals surface area contributed by atoms with Crippen LogP contribution in [0.25, 0.3) is 11.3 Å². The SMILES string of the molecule is O=C(NC1CC2CC1CN2)c1ccc(-c2ccccc2O)o1. The molecule has 1 aliphatic heterocycles. The summed E-state index contributed by atoms with van der Waals surface area (Å²) in [4.78, 5) is 12.3. The third kappa shape index (κ3) is 2.27. The molecule has 1 aromatic heterocycles. The van der Waals surface area contributed by atoms with Gasteiger partial charge in [0.15, 0.2) is 5.76 Å². The highest BCUT2D eigenvalue weighted by molar-refractivity contribution is 5.92. The molecule has 3 atom stereocenters. The standard InChI is InChI=1S/C17H18N2O3/c20-14-4-2-1-3-12(14)15-5-6-16(22-15)17(21)19-13-8-11-7-10(13)9-18-11/h1-6,10-11,13,18,20H,7-9H2,(H,19,21). The molecule has 1 saturated heterocycles. The number of furan rings is 1. The van der Waals surface area contributed by atoms with Crippen LogP contribution in [0.2, 0.25) is 0 Å². The lowest BCUT2D eigenvalue weighted by molar-refractivity contribution is 0.0897. The Balaban J connectivity index is 1.49. The zero-order chi connectivity index (χ0) is 15.1. The number of carbonyl (C=O) groups is 1. The minimum Gasteiger partial charge on any atom is -0.507 e. The largest absolute Gasteiger partial charge is 0.507 e. The first-order chi connectivity index (χ1) is 10.7. The van der Waals surface area contributed by atoms with Gasteiger partial charge in [0.2, 0.25) is 0 Å². The van der Waals surface area contributed by atoms with E-state index < -0.39 is 0 Å². The van der Waals surface area contributed by atoms with Crippen molar-refractivity contribution in [1.29, 1.82) is 0 Å². The number of hydrogen-bond acceptors (Lipinski definition) is 4. The summed E-state index contributed by atoms with van der Waals surface area (Å²) in [6, 6.07) is 11.1. The zero-order valence-electron chi connectivity index (χ0n) is 12.1. The molecule has 1 aromatic carbocycles. The fourth-order valence-electron chi connectivity index (χ4n) is 3.54. The van der Waals surface area contributed by atoms with Gasteiger partial charge in [0.05, 0.1) is 5.56 Å². The number of benzene rings is 1. The maximum Gasteiger partial charge on any atom is 0.287 e. The molecule has 2 aromatic rings. The molecule has 1 saturated carbocycles. The minimum absolute atomic E-state index is 0.142. The van der Waals surface area contributed by atoms with E-state index in [9.17, 15) is 9.90 Å². The van der Waals surface area contributed by atoms with Crippen molar-refractivity contribution in [2.45, 2.75) is 24.9 Å². The highest BCUT2D eigenvalue weighted by Gasteiger charge is 2.40. The molecular formula is C17H18N2O3. The second-order valence-corrected chi connectivity index (χ2v) is 6.10. The van der Waals surface area contributed by atoms with Gasteiger partial charge in [-0.1, -0.05) is 12.1 Å². The Kier molecular flexibility index (Phi) is 3.15. The number of nitrogens with one attached hydrogen (secondary N) is 2. The van der Waals surface area contributed by atoms with E-state index in [0.717, 1.165) is 19.4 Å². The van der Waals surface area contributed by atoms with Gasteiger partial charge in [0, 0.05) is 18.6 Å². The van der Waals surface area contributed by atoms with Gasteiger partial charge in [-0.3, -0.25) is 4.79 Å². The Morgan fingerprint density at radius 2 is 2.09 bits per heavy atom. The lowest BCUT2D eigenvalue weighted by Gasteiger charge is -2.22. The molecule has 4 rings (SSSR count). The van der Waals surface area contributed by atoms with E-state index in [0.29, 0.717) is 23.3 Å². The van der Waals surface area contributed by atoms with Crippen LogP contribution < -0.4 is 10.6 Å². The van der Waals surface area contributed by atoms with Crippen molar-refractivity contribution in [3.05, 3.63) is 42.2 Å². The van der Waals surface area contributed by atoms with Crippen LogP contribution in [-0.2, 0) is 0 Å². The summed E-state index contributed by atoms with van der Waals surface area (Å²) in [5.41, 5.74) is 0.589. The van der Waals surface area contributed by atoms with Gasteiger partial charge in [0.25, 0.3) is 5.91 Å². The Morgan fingerprint density at radius 1 is 1.23 bits per heavy atom. The molecule has 22 heavy (non-hydrogen) atoms. The number of phenols is 1. The summed E-state index contributed by atoms with van der Waals surface area (Å²) in [6.07, 6.45) is 2.13. The second kappa shape index (κ2) is 5.18. The van der Waals surface area contributed by atoms with Crippen molar-refractivity contribution in [2.75, 3.05) is 6.54 Å². The van der Waals surface area contributed by atoms with Crippen molar-refractivity contribution in [3.63, 3.8) is 0 Å². The molecule has 5 nitrogen and oxygen atoms in total. The number of hydrogen-bond donors (Lipinski definition) is 3. The van der Waals surface area contributed by atoms with Gasteiger partial charge in [-0.05, 0) is 43.0 Å². The Bertz CT molecular complexity index is 709. The maximum absolute atomic E-state index is 12.3. The van der Waals surface area contributed by atoms with Crippen LogP contribution in [0.3, 0.4) is 0 Å². The van der Waals surface area contributed by atoms with Crippen LogP contribution in [0.15, 0.2) is 40.8 Å². The summed E-state index contributed by atoms with van der Waals surface area (Å²) in [7, 11) is 0. The predicted octanol–water partition coefficient (Wildman–Crippen LogP) is 2.13. The number of fused-ring (bicyclic) bond motifs is 2. The first kappa shape index (κ1) is 13.4. The molecule has 2 heterocycles. The summed E-state index contributed by atoms with van der Waals surface area (Å²) in [5.74, 6) is 1.27. The fourth-order valence-corrected chi connectivity index (χ4v) is 3.54. The first-order valence-corrected chi connectivity index (χ1v) is 7.63. The molecule has 1 amide bonds. The van der Waals surface area contributed by atoms with Crippen LogP contribution in [0.4, 0.5) is 0 Å². The molecule has 3 unspecified atom stereocenters. The number of para-hydroxylation sites is 1. The number of aromatic hydroxyl groups is 1. The van der Waals surface area contributed by atoms with Gasteiger partial charge in [0.1, 0.15) is 11.5 Å². The first-order valence-electron chi connectivity index (χ1n) is 7.63. The quantitative estimate of drug-likeness (QED) is 0.811. The zero-order valence-corrected chi connectivity index (χ0v) is 12.1. The molecule has 1 aliphatic carbocycles. The summed E-state index contributed by atoms with van der Waals surface area (Å²) in [5, 5.41) is 16.3. The molecule has 2 aliphatic rings. The van der Waals surface area contributed by atoms with Gasteiger partial charge in [-0.2, -0.15) is 0 Å². The van der Waals surface area contributed by atoms with E-state index in [1.165, 1.54) is 0 Å². The van der Waals surface area contributed by atoms with Crippen molar-refractivity contribution in [1.82, 2.24) is 10.6 Å². The van der Waals surface area contributed by atoms with Crippen molar-refractivity contribution in [2.24, 2.45) is 5.92 Å². The summed E-state index contributed by atoms with van der Waals surface area (Å²) >= 11 is 0. The molecular weight excluding hydrogens is 280 g/mol. The number of phenolic OH excluding ortho intramolecular Hbond substituents is 1. The number of rotatable bonds is 3. The van der Waals surface area contributed by atoms with Crippen LogP contribution >= 0.6 is 0 Å². The van der Waals surface area contributed by atoms with E-state index in [2.05, 4.69) is 10.6 Å². The molecule has 5 heteroatoms. The average Bonchev–Trinajstić information content (AvgIpc) is 3.24. The molecule has 114 valence electrons. The van der Waals surface area contributed by atoms with Gasteiger partial charge >= 0.3 is 0 Å². The van der Waals surface area contributed by atoms with Crippen LogP contribution in [0, 0.1) is 5.92 Å². The Labute approximate surface area is 128 Å². The van der Waals surface area contributed by atoms with Crippen molar-refractivity contribution in [3.8, 4) is 17.1 Å². The molecule has 3 N–H and O–H groups in total. The fraction of sp³-hybridized carbons (Fsp3) is 0.353. The van der Waals surface area contributed by atoms with E-state index in [4.69, 9.17) is 4.42 Å². The minimum atomic E-state index is -0.181. The monoisotopic (exact) mass is 298 g/mol. The maximum atomic E-state index is 12.3. The molecule has 0 radical (unpaired) electrons. The van der Waals surface area contributed by atoms with E-state index in [1.54, 1.807) is 30.3 Å². The van der Waals surface area contributed by atoms with E-state index in [-0.39, 0.29) is 23.5 Å². The number of piperidine rings is 1. The van der Waals surface area contributed by atoms with Crippen molar-refractivity contribution < 1.29 is 14.3 Å². The van der Waals surface area contributed by atoms with E-state index >= 15 is 0 Å². The lowest BCUT2D eigenvalue weighted by Crippen LogP contribution is -2.44. The Morgan fingerprint density at radius 3 is 2.82 bits per heavy atom. The molecule has 2 fully saturated rings. The number of carbonyl (C=O) groups excluding carboxylic acids is 1. The average molecular weight is 298 g/mol. The predicted molar refractivity (Wildman–Crippen MR) is 81.6 cm³/mol. The van der Waals surface area contributed by atoms with E-state index in [1.807, 2.05) is 6.07 Å². The van der Waals surface area contributed by atoms with Crippen LogP contribution in [0.1, 0.15) is 23.4 Å². The van der Waals surface area contributed by atoms with Gasteiger partial charge < -0.3 is 20.2 Å². The highest BCUT2D eigenvalue weighted by Crippen LogP contribution is 2.32. The second-order valence-electron chi connectivity index (χ2n) is 6.10. The number of amides is 1. The topological polar surface area (TPSA) is 74.5 Å². The highest BCUT2D eigenvalue weighted by atomic mass is 16.4. The van der Waals surface area contributed by atoms with Crippen molar-refractivity contribution >= 4 is 5.91 Å². The lowest BCUT2D eigenvalue weighted by atomic mass is 10.0. The summed E-state index contributed by atoms with van der Waals surface area (Å²) < 4.78 is 5.62.